The van der Waals surface area contributed by atoms with E-state index in [1.54, 1.807) is 46.7 Å². The van der Waals surface area contributed by atoms with Crippen LogP contribution in [0.5, 0.6) is 0 Å². The van der Waals surface area contributed by atoms with Gasteiger partial charge in [0.05, 0.1) is 17.7 Å². The molecule has 0 bridgehead atoms. The normalized spacial score (nSPS) is 13.2. The van der Waals surface area contributed by atoms with E-state index < -0.39 is 28.9 Å². The van der Waals surface area contributed by atoms with Crippen LogP contribution in [0.3, 0.4) is 0 Å². The summed E-state index contributed by atoms with van der Waals surface area (Å²) in [7, 11) is 0. The summed E-state index contributed by atoms with van der Waals surface area (Å²) in [6.45, 7) is 3.29. The molecule has 1 aliphatic rings. The van der Waals surface area contributed by atoms with E-state index in [0.29, 0.717) is 42.8 Å². The number of carboxylic acids is 1. The molecule has 1 aromatic heterocycles. The Bertz CT molecular complexity index is 1500. The third-order valence-corrected chi connectivity index (χ3v) is 6.54. The first kappa shape index (κ1) is 28.1. The summed E-state index contributed by atoms with van der Waals surface area (Å²) in [5, 5.41) is 14.2. The van der Waals surface area contributed by atoms with Crippen molar-refractivity contribution in [1.82, 2.24) is 14.8 Å². The highest BCUT2D eigenvalue weighted by Gasteiger charge is 2.25. The van der Waals surface area contributed by atoms with E-state index in [4.69, 9.17) is 4.74 Å². The van der Waals surface area contributed by atoms with Crippen molar-refractivity contribution >= 4 is 46.7 Å². The standard InChI is InChI=1S/C27H28FN5O7/c1-2-31-14-20(26(37)38)25(36)19-11-21(28)23(12-22(19)31)32-7-9-33(10-8-32)27(39)40-15-17-3-5-18(6-4-17)30-24(35)13-29-16-34/h3-6,11-12,14,16H,2,7-10,13,15H2,1H3,(H,29,34)(H,30,35)(H,37,38). The number of hydrogen-bond acceptors (Lipinski definition) is 7. The number of pyridine rings is 1. The minimum absolute atomic E-state index is 0.00414. The zero-order chi connectivity index (χ0) is 28.8. The van der Waals surface area contributed by atoms with Crippen LogP contribution in [-0.2, 0) is 27.5 Å². The molecule has 3 N–H and O–H groups in total. The van der Waals surface area contributed by atoms with Gasteiger partial charge in [0.2, 0.25) is 17.7 Å². The van der Waals surface area contributed by atoms with E-state index in [1.807, 2.05) is 0 Å². The van der Waals surface area contributed by atoms with Crippen molar-refractivity contribution in [1.29, 1.82) is 0 Å². The van der Waals surface area contributed by atoms with Gasteiger partial charge in [-0.15, -0.1) is 0 Å². The Hall–Kier alpha value is -4.94. The Kier molecular flexibility index (Phi) is 8.62. The van der Waals surface area contributed by atoms with Gasteiger partial charge in [-0.25, -0.2) is 14.0 Å². The number of ether oxygens (including phenoxy) is 1. The van der Waals surface area contributed by atoms with Gasteiger partial charge in [-0.1, -0.05) is 12.1 Å². The molecule has 4 rings (SSSR count). The molecule has 2 aromatic carbocycles. The fourth-order valence-corrected chi connectivity index (χ4v) is 4.45. The molecule has 40 heavy (non-hydrogen) atoms. The lowest BCUT2D eigenvalue weighted by Crippen LogP contribution is -2.49. The number of aromatic carboxylic acids is 1. The molecule has 12 nitrogen and oxygen atoms in total. The number of piperazine rings is 1. The van der Waals surface area contributed by atoms with Crippen molar-refractivity contribution < 1.29 is 33.4 Å². The summed E-state index contributed by atoms with van der Waals surface area (Å²) in [5.41, 5.74) is 0.778. The maximum Gasteiger partial charge on any atom is 0.410 e. The number of hydrogen-bond donors (Lipinski definition) is 3. The van der Waals surface area contributed by atoms with E-state index >= 15 is 4.39 Å². The molecule has 1 aliphatic heterocycles. The van der Waals surface area contributed by atoms with Crippen molar-refractivity contribution in [3.63, 3.8) is 0 Å². The number of carbonyl (C=O) groups is 4. The fraction of sp³-hybridized carbons (Fsp3) is 0.296. The minimum Gasteiger partial charge on any atom is -0.477 e. The summed E-state index contributed by atoms with van der Waals surface area (Å²) < 4.78 is 22.1. The van der Waals surface area contributed by atoms with Crippen molar-refractivity contribution in [2.75, 3.05) is 42.9 Å². The monoisotopic (exact) mass is 553 g/mol. The number of carboxylic acid groups (broad SMARTS) is 1. The number of halogens is 1. The quantitative estimate of drug-likeness (QED) is 0.341. The number of aromatic nitrogens is 1. The smallest absolute Gasteiger partial charge is 0.410 e. The number of aryl methyl sites for hydroxylation is 1. The second kappa shape index (κ2) is 12.3. The van der Waals surface area contributed by atoms with Crippen LogP contribution in [0.4, 0.5) is 20.6 Å². The van der Waals surface area contributed by atoms with Gasteiger partial charge < -0.3 is 34.8 Å². The lowest BCUT2D eigenvalue weighted by molar-refractivity contribution is -0.118. The summed E-state index contributed by atoms with van der Waals surface area (Å²) in [6, 6.07) is 9.32. The number of nitrogens with one attached hydrogen (secondary N) is 2. The molecule has 0 spiro atoms. The van der Waals surface area contributed by atoms with Gasteiger partial charge in [-0.3, -0.25) is 14.4 Å². The molecular weight excluding hydrogens is 525 g/mol. The number of carbonyl (C=O) groups excluding carboxylic acids is 3. The molecule has 0 aliphatic carbocycles. The maximum atomic E-state index is 15.1. The number of rotatable bonds is 9. The topological polar surface area (TPSA) is 150 Å². The highest BCUT2D eigenvalue weighted by atomic mass is 19.1. The largest absolute Gasteiger partial charge is 0.477 e. The fourth-order valence-electron chi connectivity index (χ4n) is 4.45. The van der Waals surface area contributed by atoms with E-state index in [0.717, 1.165) is 6.07 Å². The zero-order valence-electron chi connectivity index (χ0n) is 21.7. The lowest BCUT2D eigenvalue weighted by atomic mass is 10.1. The van der Waals surface area contributed by atoms with Gasteiger partial charge in [0.15, 0.2) is 0 Å². The van der Waals surface area contributed by atoms with E-state index in [1.165, 1.54) is 11.1 Å². The number of anilines is 2. The van der Waals surface area contributed by atoms with Crippen LogP contribution < -0.4 is 21.0 Å². The third kappa shape index (κ3) is 6.20. The van der Waals surface area contributed by atoms with Crippen molar-refractivity contribution in [2.45, 2.75) is 20.1 Å². The number of amides is 3. The first-order valence-corrected chi connectivity index (χ1v) is 12.5. The first-order valence-electron chi connectivity index (χ1n) is 12.5. The van der Waals surface area contributed by atoms with Crippen LogP contribution in [0.25, 0.3) is 10.9 Å². The van der Waals surface area contributed by atoms with Crippen molar-refractivity contribution in [3.8, 4) is 0 Å². The van der Waals surface area contributed by atoms with Crippen LogP contribution in [0.2, 0.25) is 0 Å². The number of nitrogens with zero attached hydrogens (tertiary/aromatic N) is 3. The molecule has 0 saturated carbocycles. The molecule has 1 fully saturated rings. The number of fused-ring (bicyclic) bond motifs is 1. The van der Waals surface area contributed by atoms with Crippen LogP contribution in [0.1, 0.15) is 22.8 Å². The van der Waals surface area contributed by atoms with Crippen LogP contribution in [-0.4, -0.2) is 71.7 Å². The third-order valence-electron chi connectivity index (χ3n) is 6.54. The summed E-state index contributed by atoms with van der Waals surface area (Å²) >= 11 is 0. The minimum atomic E-state index is -1.37. The highest BCUT2D eigenvalue weighted by Crippen LogP contribution is 2.26. The Morgan fingerprint density at radius 3 is 2.42 bits per heavy atom. The molecule has 3 aromatic rings. The van der Waals surface area contributed by atoms with E-state index in [2.05, 4.69) is 10.6 Å². The van der Waals surface area contributed by atoms with Gasteiger partial charge in [0.25, 0.3) is 0 Å². The SMILES string of the molecule is CCn1cc(C(=O)O)c(=O)c2cc(F)c(N3CCN(C(=O)OCc4ccc(NC(=O)CNC=O)cc4)CC3)cc21. The van der Waals surface area contributed by atoms with E-state index in [-0.39, 0.29) is 43.2 Å². The lowest BCUT2D eigenvalue weighted by Gasteiger charge is -2.35. The molecule has 1 saturated heterocycles. The molecule has 13 heteroatoms. The van der Waals surface area contributed by atoms with E-state index in [9.17, 15) is 29.1 Å². The van der Waals surface area contributed by atoms with Gasteiger partial charge in [-0.2, -0.15) is 0 Å². The molecule has 0 radical (unpaired) electrons. The molecular formula is C27H28FN5O7. The Labute approximate surface area is 227 Å². The summed E-state index contributed by atoms with van der Waals surface area (Å²) in [4.78, 5) is 61.8. The Balaban J connectivity index is 1.36. The number of benzene rings is 2. The van der Waals surface area contributed by atoms with Gasteiger partial charge in [0, 0.05) is 50.0 Å². The van der Waals surface area contributed by atoms with Crippen LogP contribution in [0.15, 0.2) is 47.4 Å². The predicted octanol–water partition coefficient (Wildman–Crippen LogP) is 2.00. The molecule has 210 valence electrons. The predicted molar refractivity (Wildman–Crippen MR) is 144 cm³/mol. The molecule has 0 atom stereocenters. The van der Waals surface area contributed by atoms with Gasteiger partial charge >= 0.3 is 12.1 Å². The van der Waals surface area contributed by atoms with Crippen molar-refractivity contribution in [3.05, 3.63) is 69.8 Å². The van der Waals surface area contributed by atoms with Crippen molar-refractivity contribution in [2.24, 2.45) is 0 Å². The van der Waals surface area contributed by atoms with Crippen LogP contribution in [0, 0.1) is 5.82 Å². The van der Waals surface area contributed by atoms with Gasteiger partial charge in [0.1, 0.15) is 18.0 Å². The zero-order valence-corrected chi connectivity index (χ0v) is 21.7. The second-order valence-corrected chi connectivity index (χ2v) is 9.06. The second-order valence-electron chi connectivity index (χ2n) is 9.06. The molecule has 3 amide bonds. The first-order chi connectivity index (χ1) is 19.2. The molecule has 2 heterocycles. The highest BCUT2D eigenvalue weighted by molar-refractivity contribution is 5.94. The average molecular weight is 554 g/mol. The average Bonchev–Trinajstić information content (AvgIpc) is 2.95. The Morgan fingerprint density at radius 1 is 1.10 bits per heavy atom. The Morgan fingerprint density at radius 2 is 1.80 bits per heavy atom. The maximum absolute atomic E-state index is 15.1. The van der Waals surface area contributed by atoms with Crippen LogP contribution >= 0.6 is 0 Å². The van der Waals surface area contributed by atoms with Gasteiger partial charge in [-0.05, 0) is 36.8 Å². The summed E-state index contributed by atoms with van der Waals surface area (Å²) in [6.07, 6.45) is 1.18. The summed E-state index contributed by atoms with van der Waals surface area (Å²) in [5.74, 6) is -2.39. The molecule has 0 unspecified atom stereocenters.